The second-order valence-corrected chi connectivity index (χ2v) is 4.16. The van der Waals surface area contributed by atoms with Crippen LogP contribution in [0, 0.1) is 0 Å². The molecule has 0 saturated carbocycles. The summed E-state index contributed by atoms with van der Waals surface area (Å²) in [5.74, 6) is 0. The van der Waals surface area contributed by atoms with Gasteiger partial charge >= 0.3 is 6.18 Å². The van der Waals surface area contributed by atoms with Crippen LogP contribution in [-0.4, -0.2) is 4.98 Å². The van der Waals surface area contributed by atoms with E-state index in [4.69, 9.17) is 0 Å². The van der Waals surface area contributed by atoms with E-state index in [1.807, 2.05) is 12.1 Å². The van der Waals surface area contributed by atoms with E-state index >= 15 is 0 Å². The molecule has 0 saturated heterocycles. The van der Waals surface area contributed by atoms with Gasteiger partial charge in [0.2, 0.25) is 0 Å². The maximum absolute atomic E-state index is 12.5. The Morgan fingerprint density at radius 1 is 0.947 bits per heavy atom. The van der Waals surface area contributed by atoms with Crippen molar-refractivity contribution in [3.63, 3.8) is 0 Å². The van der Waals surface area contributed by atoms with E-state index in [1.165, 1.54) is 12.1 Å². The van der Waals surface area contributed by atoms with Crippen molar-refractivity contribution in [3.8, 4) is 0 Å². The molecule has 0 radical (unpaired) electrons. The standard InChI is InChI=1S/C14H13F3N2/c15-14(16,17)13-3-1-2-12(8-13)10-19-9-11-4-6-18-7-5-11/h1-8,19H,9-10H2. The summed E-state index contributed by atoms with van der Waals surface area (Å²) in [7, 11) is 0. The van der Waals surface area contributed by atoms with Crippen molar-refractivity contribution in [2.24, 2.45) is 0 Å². The molecule has 0 amide bonds. The Balaban J connectivity index is 1.93. The highest BCUT2D eigenvalue weighted by molar-refractivity contribution is 5.25. The topological polar surface area (TPSA) is 24.9 Å². The number of benzene rings is 1. The van der Waals surface area contributed by atoms with Crippen LogP contribution in [0.15, 0.2) is 48.8 Å². The van der Waals surface area contributed by atoms with E-state index in [0.717, 1.165) is 11.6 Å². The number of rotatable bonds is 4. The maximum Gasteiger partial charge on any atom is 0.416 e. The fraction of sp³-hybridized carbons (Fsp3) is 0.214. The quantitative estimate of drug-likeness (QED) is 0.917. The third kappa shape index (κ3) is 4.06. The minimum absolute atomic E-state index is 0.395. The molecule has 0 unspecified atom stereocenters. The van der Waals surface area contributed by atoms with Crippen molar-refractivity contribution in [1.29, 1.82) is 0 Å². The van der Waals surface area contributed by atoms with Crippen molar-refractivity contribution in [3.05, 3.63) is 65.5 Å². The molecule has 1 aromatic carbocycles. The SMILES string of the molecule is FC(F)(F)c1cccc(CNCc2ccncc2)c1. The van der Waals surface area contributed by atoms with Gasteiger partial charge in [-0.15, -0.1) is 0 Å². The van der Waals surface area contributed by atoms with Crippen LogP contribution in [0.2, 0.25) is 0 Å². The lowest BCUT2D eigenvalue weighted by Crippen LogP contribution is -2.13. The van der Waals surface area contributed by atoms with Crippen LogP contribution < -0.4 is 5.32 Å². The molecule has 2 nitrogen and oxygen atoms in total. The lowest BCUT2D eigenvalue weighted by molar-refractivity contribution is -0.137. The van der Waals surface area contributed by atoms with Crippen LogP contribution in [0.4, 0.5) is 13.2 Å². The van der Waals surface area contributed by atoms with Gasteiger partial charge in [-0.25, -0.2) is 0 Å². The third-order valence-corrected chi connectivity index (χ3v) is 2.66. The Labute approximate surface area is 109 Å². The first kappa shape index (κ1) is 13.5. The monoisotopic (exact) mass is 266 g/mol. The molecule has 100 valence electrons. The van der Waals surface area contributed by atoms with Crippen LogP contribution in [0.25, 0.3) is 0 Å². The van der Waals surface area contributed by atoms with Crippen molar-refractivity contribution in [2.75, 3.05) is 0 Å². The lowest BCUT2D eigenvalue weighted by atomic mass is 10.1. The summed E-state index contributed by atoms with van der Waals surface area (Å²) in [5, 5.41) is 3.10. The van der Waals surface area contributed by atoms with E-state index in [1.54, 1.807) is 18.5 Å². The number of nitrogens with one attached hydrogen (secondary N) is 1. The Kier molecular flexibility index (Phi) is 4.16. The Morgan fingerprint density at radius 3 is 2.32 bits per heavy atom. The predicted molar refractivity (Wildman–Crippen MR) is 66.2 cm³/mol. The van der Waals surface area contributed by atoms with Crippen molar-refractivity contribution >= 4 is 0 Å². The van der Waals surface area contributed by atoms with E-state index in [-0.39, 0.29) is 0 Å². The van der Waals surface area contributed by atoms with Crippen LogP contribution in [-0.2, 0) is 19.3 Å². The fourth-order valence-electron chi connectivity index (χ4n) is 1.71. The second kappa shape index (κ2) is 5.84. The highest BCUT2D eigenvalue weighted by atomic mass is 19.4. The van der Waals surface area contributed by atoms with Crippen molar-refractivity contribution in [2.45, 2.75) is 19.3 Å². The normalized spacial score (nSPS) is 11.5. The second-order valence-electron chi connectivity index (χ2n) is 4.16. The molecule has 0 fully saturated rings. The zero-order valence-corrected chi connectivity index (χ0v) is 10.1. The zero-order chi connectivity index (χ0) is 13.7. The molecule has 2 aromatic rings. The zero-order valence-electron chi connectivity index (χ0n) is 10.1. The molecule has 0 aliphatic heterocycles. The van der Waals surface area contributed by atoms with Gasteiger partial charge in [-0.05, 0) is 29.3 Å². The van der Waals surface area contributed by atoms with Crippen LogP contribution in [0.1, 0.15) is 16.7 Å². The number of pyridine rings is 1. The molecule has 5 heteroatoms. The van der Waals surface area contributed by atoms with E-state index in [9.17, 15) is 13.2 Å². The predicted octanol–water partition coefficient (Wildman–Crippen LogP) is 3.39. The van der Waals surface area contributed by atoms with Crippen LogP contribution in [0.3, 0.4) is 0 Å². The summed E-state index contributed by atoms with van der Waals surface area (Å²) in [6.45, 7) is 0.991. The molecule has 19 heavy (non-hydrogen) atoms. The first-order chi connectivity index (χ1) is 9.05. The summed E-state index contributed by atoms with van der Waals surface area (Å²) in [4.78, 5) is 3.90. The maximum atomic E-state index is 12.5. The number of hydrogen-bond acceptors (Lipinski definition) is 2. The Bertz CT molecular complexity index is 524. The fourth-order valence-corrected chi connectivity index (χ4v) is 1.71. The van der Waals surface area contributed by atoms with Gasteiger partial charge in [0.25, 0.3) is 0 Å². The minimum atomic E-state index is -4.29. The first-order valence-corrected chi connectivity index (χ1v) is 5.81. The molecule has 0 spiro atoms. The molecule has 1 heterocycles. The number of alkyl halides is 3. The molecular weight excluding hydrogens is 253 g/mol. The van der Waals surface area contributed by atoms with Gasteiger partial charge in [0.1, 0.15) is 0 Å². The van der Waals surface area contributed by atoms with Gasteiger partial charge in [0.15, 0.2) is 0 Å². The number of hydrogen-bond donors (Lipinski definition) is 1. The number of halogens is 3. The first-order valence-electron chi connectivity index (χ1n) is 5.81. The van der Waals surface area contributed by atoms with Gasteiger partial charge < -0.3 is 5.32 Å². The number of aromatic nitrogens is 1. The summed E-state index contributed by atoms with van der Waals surface area (Å²) >= 11 is 0. The average molecular weight is 266 g/mol. The smallest absolute Gasteiger partial charge is 0.309 e. The van der Waals surface area contributed by atoms with Crippen LogP contribution in [0.5, 0.6) is 0 Å². The molecule has 0 atom stereocenters. The Morgan fingerprint density at radius 2 is 1.63 bits per heavy atom. The minimum Gasteiger partial charge on any atom is -0.309 e. The van der Waals surface area contributed by atoms with E-state index in [0.29, 0.717) is 18.7 Å². The molecule has 1 aromatic heterocycles. The van der Waals surface area contributed by atoms with Gasteiger partial charge in [-0.1, -0.05) is 18.2 Å². The average Bonchev–Trinajstić information content (AvgIpc) is 2.39. The van der Waals surface area contributed by atoms with Gasteiger partial charge in [0.05, 0.1) is 5.56 Å². The third-order valence-electron chi connectivity index (χ3n) is 2.66. The van der Waals surface area contributed by atoms with Crippen molar-refractivity contribution in [1.82, 2.24) is 10.3 Å². The van der Waals surface area contributed by atoms with E-state index in [2.05, 4.69) is 10.3 Å². The van der Waals surface area contributed by atoms with Crippen LogP contribution >= 0.6 is 0 Å². The lowest BCUT2D eigenvalue weighted by Gasteiger charge is -2.09. The van der Waals surface area contributed by atoms with Gasteiger partial charge in [-0.2, -0.15) is 13.2 Å². The van der Waals surface area contributed by atoms with Gasteiger partial charge in [0, 0.05) is 25.5 Å². The molecule has 0 aliphatic carbocycles. The van der Waals surface area contributed by atoms with Crippen molar-refractivity contribution < 1.29 is 13.2 Å². The molecular formula is C14H13F3N2. The highest BCUT2D eigenvalue weighted by Gasteiger charge is 2.30. The Hall–Kier alpha value is -1.88. The molecule has 1 N–H and O–H groups in total. The highest BCUT2D eigenvalue weighted by Crippen LogP contribution is 2.29. The summed E-state index contributed by atoms with van der Waals surface area (Å²) < 4.78 is 37.6. The van der Waals surface area contributed by atoms with Gasteiger partial charge in [-0.3, -0.25) is 4.98 Å². The molecule has 0 bridgehead atoms. The molecule has 2 rings (SSSR count). The molecule has 0 aliphatic rings. The summed E-state index contributed by atoms with van der Waals surface area (Å²) in [6, 6.07) is 9.06. The largest absolute Gasteiger partial charge is 0.416 e. The summed E-state index contributed by atoms with van der Waals surface area (Å²) in [5.41, 5.74) is 1.04. The number of nitrogens with zero attached hydrogens (tertiary/aromatic N) is 1. The summed E-state index contributed by atoms with van der Waals surface area (Å²) in [6.07, 6.45) is -0.927. The van der Waals surface area contributed by atoms with E-state index < -0.39 is 11.7 Å².